The fraction of sp³-hybridized carbons (Fsp3) is 0.421. The molecule has 0 spiro atoms. The van der Waals surface area contributed by atoms with Crippen molar-refractivity contribution in [3.05, 3.63) is 36.0 Å². The lowest BCUT2D eigenvalue weighted by Gasteiger charge is -2.20. The number of ether oxygens (including phenoxy) is 2. The molecule has 1 aromatic carbocycles. The number of amides is 2. The number of urea groups is 1. The van der Waals surface area contributed by atoms with Gasteiger partial charge < -0.3 is 19.7 Å². The Kier molecular flexibility index (Phi) is 5.95. The molecule has 2 heterocycles. The molecule has 8 heteroatoms. The number of rotatable bonds is 5. The zero-order valence-corrected chi connectivity index (χ0v) is 15.6. The van der Waals surface area contributed by atoms with Crippen LogP contribution in [0.3, 0.4) is 0 Å². The Labute approximate surface area is 158 Å². The fourth-order valence-corrected chi connectivity index (χ4v) is 3.03. The summed E-state index contributed by atoms with van der Waals surface area (Å²) in [7, 11) is 1.63. The van der Waals surface area contributed by atoms with Crippen molar-refractivity contribution in [1.82, 2.24) is 20.0 Å². The first-order valence-corrected chi connectivity index (χ1v) is 9.00. The second-order valence-corrected chi connectivity index (χ2v) is 6.21. The van der Waals surface area contributed by atoms with E-state index in [0.717, 1.165) is 35.7 Å². The summed E-state index contributed by atoms with van der Waals surface area (Å²) in [5.74, 6) is 0.335. The fourth-order valence-electron chi connectivity index (χ4n) is 3.03. The number of fused-ring (bicyclic) bond motifs is 1. The first-order chi connectivity index (χ1) is 13.1. The van der Waals surface area contributed by atoms with Crippen molar-refractivity contribution in [3.63, 3.8) is 0 Å². The van der Waals surface area contributed by atoms with Crippen molar-refractivity contribution in [1.29, 1.82) is 0 Å². The molecule has 0 fully saturated rings. The first kappa shape index (κ1) is 18.8. The highest BCUT2D eigenvalue weighted by Crippen LogP contribution is 2.25. The SMILES string of the molecule is CCOC(=O)CNC(=O)N1CCCn2nc(-c3cccc(OC)c3)cc2C1. The molecule has 0 atom stereocenters. The van der Waals surface area contributed by atoms with Gasteiger partial charge >= 0.3 is 12.0 Å². The molecule has 0 radical (unpaired) electrons. The lowest BCUT2D eigenvalue weighted by atomic mass is 10.1. The Hall–Kier alpha value is -3.03. The molecule has 2 amide bonds. The second-order valence-electron chi connectivity index (χ2n) is 6.21. The van der Waals surface area contributed by atoms with Crippen molar-refractivity contribution >= 4 is 12.0 Å². The van der Waals surface area contributed by atoms with Crippen LogP contribution in [0.2, 0.25) is 0 Å². The van der Waals surface area contributed by atoms with Crippen LogP contribution < -0.4 is 10.1 Å². The van der Waals surface area contributed by atoms with Gasteiger partial charge in [0.1, 0.15) is 12.3 Å². The quantitative estimate of drug-likeness (QED) is 0.812. The highest BCUT2D eigenvalue weighted by molar-refractivity contribution is 5.80. The number of hydrogen-bond donors (Lipinski definition) is 1. The molecule has 0 saturated carbocycles. The van der Waals surface area contributed by atoms with Crippen molar-refractivity contribution < 1.29 is 19.1 Å². The zero-order chi connectivity index (χ0) is 19.2. The average Bonchev–Trinajstić information content (AvgIpc) is 2.98. The number of nitrogens with one attached hydrogen (secondary N) is 1. The average molecular weight is 372 g/mol. The molecule has 0 saturated heterocycles. The second kappa shape index (κ2) is 8.57. The smallest absolute Gasteiger partial charge is 0.325 e. The molecule has 3 rings (SSSR count). The number of methoxy groups -OCH3 is 1. The zero-order valence-electron chi connectivity index (χ0n) is 15.6. The van der Waals surface area contributed by atoms with Crippen LogP contribution in [0.1, 0.15) is 19.0 Å². The summed E-state index contributed by atoms with van der Waals surface area (Å²) in [6.45, 7) is 3.68. The van der Waals surface area contributed by atoms with E-state index in [9.17, 15) is 9.59 Å². The molecule has 144 valence electrons. The van der Waals surface area contributed by atoms with Gasteiger partial charge in [0.15, 0.2) is 0 Å². The number of carbonyl (C=O) groups excluding carboxylic acids is 2. The minimum absolute atomic E-state index is 0.127. The van der Waals surface area contributed by atoms with E-state index < -0.39 is 5.97 Å². The largest absolute Gasteiger partial charge is 0.497 e. The van der Waals surface area contributed by atoms with Gasteiger partial charge in [0, 0.05) is 18.7 Å². The molecule has 0 unspecified atom stereocenters. The number of carbonyl (C=O) groups is 2. The van der Waals surface area contributed by atoms with Gasteiger partial charge in [-0.1, -0.05) is 12.1 Å². The molecule has 1 N–H and O–H groups in total. The predicted octanol–water partition coefficient (Wildman–Crippen LogP) is 2.04. The maximum absolute atomic E-state index is 12.4. The molecule has 0 aliphatic carbocycles. The summed E-state index contributed by atoms with van der Waals surface area (Å²) >= 11 is 0. The minimum Gasteiger partial charge on any atom is -0.497 e. The molecular weight excluding hydrogens is 348 g/mol. The molecule has 1 aliphatic heterocycles. The maximum Gasteiger partial charge on any atom is 0.325 e. The Morgan fingerprint density at radius 3 is 2.89 bits per heavy atom. The minimum atomic E-state index is -0.439. The van der Waals surface area contributed by atoms with Crippen LogP contribution in [0.25, 0.3) is 11.3 Å². The van der Waals surface area contributed by atoms with Gasteiger partial charge in [-0.15, -0.1) is 0 Å². The molecule has 2 aromatic rings. The summed E-state index contributed by atoms with van der Waals surface area (Å²) in [6.07, 6.45) is 0.791. The number of aromatic nitrogens is 2. The lowest BCUT2D eigenvalue weighted by molar-refractivity contribution is -0.141. The van der Waals surface area contributed by atoms with Gasteiger partial charge in [-0.3, -0.25) is 9.48 Å². The van der Waals surface area contributed by atoms with Gasteiger partial charge in [0.05, 0.1) is 31.6 Å². The van der Waals surface area contributed by atoms with Crippen molar-refractivity contribution in [2.24, 2.45) is 0 Å². The number of nitrogens with zero attached hydrogens (tertiary/aromatic N) is 3. The molecular formula is C19H24N4O4. The third kappa shape index (κ3) is 4.58. The Morgan fingerprint density at radius 1 is 1.26 bits per heavy atom. The number of hydrogen-bond acceptors (Lipinski definition) is 5. The van der Waals surface area contributed by atoms with Crippen LogP contribution in [0.4, 0.5) is 4.79 Å². The van der Waals surface area contributed by atoms with Gasteiger partial charge in [-0.25, -0.2) is 4.79 Å². The third-order valence-corrected chi connectivity index (χ3v) is 4.36. The first-order valence-electron chi connectivity index (χ1n) is 9.00. The van der Waals surface area contributed by atoms with Crippen molar-refractivity contribution in [2.75, 3.05) is 26.8 Å². The third-order valence-electron chi connectivity index (χ3n) is 4.36. The van der Waals surface area contributed by atoms with Crippen LogP contribution in [0.5, 0.6) is 5.75 Å². The number of benzene rings is 1. The predicted molar refractivity (Wildman–Crippen MR) is 99.3 cm³/mol. The molecule has 0 bridgehead atoms. The van der Waals surface area contributed by atoms with E-state index in [-0.39, 0.29) is 12.6 Å². The molecule has 27 heavy (non-hydrogen) atoms. The summed E-state index contributed by atoms with van der Waals surface area (Å²) < 4.78 is 12.1. The summed E-state index contributed by atoms with van der Waals surface area (Å²) in [5.41, 5.74) is 2.77. The van der Waals surface area contributed by atoms with Crippen LogP contribution in [0, 0.1) is 0 Å². The maximum atomic E-state index is 12.4. The van der Waals surface area contributed by atoms with Crippen molar-refractivity contribution in [3.8, 4) is 17.0 Å². The number of esters is 1. The highest BCUT2D eigenvalue weighted by Gasteiger charge is 2.21. The van der Waals surface area contributed by atoms with Crippen LogP contribution >= 0.6 is 0 Å². The van der Waals surface area contributed by atoms with Gasteiger partial charge in [-0.05, 0) is 31.5 Å². The van der Waals surface area contributed by atoms with E-state index in [2.05, 4.69) is 10.4 Å². The van der Waals surface area contributed by atoms with E-state index >= 15 is 0 Å². The Morgan fingerprint density at radius 2 is 2.11 bits per heavy atom. The summed E-state index contributed by atoms with van der Waals surface area (Å²) in [6, 6.07) is 9.45. The molecule has 1 aliphatic rings. The van der Waals surface area contributed by atoms with Gasteiger partial charge in [0.25, 0.3) is 0 Å². The monoisotopic (exact) mass is 372 g/mol. The van der Waals surface area contributed by atoms with E-state index in [0.29, 0.717) is 19.7 Å². The van der Waals surface area contributed by atoms with E-state index in [1.54, 1.807) is 18.9 Å². The Bertz CT molecular complexity index is 818. The Balaban J connectivity index is 1.70. The van der Waals surface area contributed by atoms with E-state index in [1.165, 1.54) is 0 Å². The van der Waals surface area contributed by atoms with Crippen LogP contribution in [-0.4, -0.2) is 53.5 Å². The van der Waals surface area contributed by atoms with Crippen LogP contribution in [0.15, 0.2) is 30.3 Å². The van der Waals surface area contributed by atoms with E-state index in [4.69, 9.17) is 9.47 Å². The highest BCUT2D eigenvalue weighted by atomic mass is 16.5. The number of aryl methyl sites for hydroxylation is 1. The summed E-state index contributed by atoms with van der Waals surface area (Å²) in [4.78, 5) is 25.5. The topological polar surface area (TPSA) is 85.7 Å². The van der Waals surface area contributed by atoms with Gasteiger partial charge in [-0.2, -0.15) is 5.10 Å². The van der Waals surface area contributed by atoms with Crippen LogP contribution in [-0.2, 0) is 22.6 Å². The summed E-state index contributed by atoms with van der Waals surface area (Å²) in [5, 5.41) is 7.29. The van der Waals surface area contributed by atoms with E-state index in [1.807, 2.05) is 35.0 Å². The molecule has 1 aromatic heterocycles. The molecule has 8 nitrogen and oxygen atoms in total. The van der Waals surface area contributed by atoms with Crippen molar-refractivity contribution in [2.45, 2.75) is 26.4 Å². The standard InChI is InChI=1S/C19H24N4O4/c1-3-27-18(24)12-20-19(25)22-8-5-9-23-15(13-22)11-17(21-23)14-6-4-7-16(10-14)26-2/h4,6-7,10-11H,3,5,8-9,12-13H2,1-2H3,(H,20,25). The lowest BCUT2D eigenvalue weighted by Crippen LogP contribution is -2.42. The normalized spacial score (nSPS) is 13.5. The van der Waals surface area contributed by atoms with Gasteiger partial charge in [0.2, 0.25) is 0 Å².